The van der Waals surface area contributed by atoms with E-state index in [1.165, 1.54) is 11.8 Å². The third kappa shape index (κ3) is 4.56. The number of hydrogen-bond acceptors (Lipinski definition) is 7. The number of likely N-dealkylation sites (tertiary alicyclic amines) is 1. The lowest BCUT2D eigenvalue weighted by atomic mass is 10.2. The fourth-order valence-corrected chi connectivity index (χ4v) is 2.61. The molecule has 0 unspecified atom stereocenters. The molecule has 1 aromatic rings. The minimum atomic E-state index is -1.37. The van der Waals surface area contributed by atoms with Crippen molar-refractivity contribution in [2.75, 3.05) is 0 Å². The molecule has 1 heterocycles. The Kier molecular flexibility index (Phi) is 5.74. The summed E-state index contributed by atoms with van der Waals surface area (Å²) < 4.78 is 15.3. The van der Waals surface area contributed by atoms with E-state index in [9.17, 15) is 19.2 Å². The first-order chi connectivity index (χ1) is 11.8. The van der Waals surface area contributed by atoms with Gasteiger partial charge in [-0.1, -0.05) is 30.3 Å². The lowest BCUT2D eigenvalue weighted by molar-refractivity contribution is -0.180. The van der Waals surface area contributed by atoms with Crippen LogP contribution in [0.4, 0.5) is 0 Å². The zero-order valence-electron chi connectivity index (χ0n) is 14.1. The number of rotatable bonds is 5. The molecule has 8 nitrogen and oxygen atoms in total. The maximum Gasteiger partial charge on any atom is 0.304 e. The molecule has 25 heavy (non-hydrogen) atoms. The van der Waals surface area contributed by atoms with E-state index in [1.807, 2.05) is 6.07 Å². The van der Waals surface area contributed by atoms with Gasteiger partial charge < -0.3 is 14.2 Å². The van der Waals surface area contributed by atoms with Crippen LogP contribution in [0.25, 0.3) is 0 Å². The van der Waals surface area contributed by atoms with E-state index in [4.69, 9.17) is 14.2 Å². The number of hydrogen-bond donors (Lipinski definition) is 0. The summed E-state index contributed by atoms with van der Waals surface area (Å²) in [5.41, 5.74) is 0.776. The number of benzene rings is 1. The van der Waals surface area contributed by atoms with Gasteiger partial charge in [0.25, 0.3) is 5.91 Å². The van der Waals surface area contributed by atoms with Gasteiger partial charge in [0, 0.05) is 27.3 Å². The number of carbonyl (C=O) groups is 4. The van der Waals surface area contributed by atoms with Crippen molar-refractivity contribution in [1.29, 1.82) is 0 Å². The molecule has 1 amide bonds. The van der Waals surface area contributed by atoms with Gasteiger partial charge in [0.1, 0.15) is 0 Å². The predicted molar refractivity (Wildman–Crippen MR) is 83.7 cm³/mol. The molecule has 1 aromatic carbocycles. The molecule has 0 radical (unpaired) electrons. The summed E-state index contributed by atoms with van der Waals surface area (Å²) in [4.78, 5) is 48.1. The van der Waals surface area contributed by atoms with Gasteiger partial charge >= 0.3 is 17.9 Å². The highest BCUT2D eigenvalue weighted by molar-refractivity contribution is 5.87. The first-order valence-electron chi connectivity index (χ1n) is 7.65. The van der Waals surface area contributed by atoms with Gasteiger partial charge in [-0.15, -0.1) is 0 Å². The Hall–Kier alpha value is -2.90. The molecule has 1 aliphatic rings. The number of carbonyl (C=O) groups excluding carboxylic acids is 4. The van der Waals surface area contributed by atoms with Crippen LogP contribution < -0.4 is 0 Å². The number of nitrogens with zero attached hydrogens (tertiary/aromatic N) is 1. The first kappa shape index (κ1) is 18.4. The van der Waals surface area contributed by atoms with E-state index in [0.29, 0.717) is 0 Å². The van der Waals surface area contributed by atoms with Crippen LogP contribution in [0.1, 0.15) is 26.3 Å². The van der Waals surface area contributed by atoms with Crippen LogP contribution in [0, 0.1) is 0 Å². The summed E-state index contributed by atoms with van der Waals surface area (Å²) in [5.74, 6) is -2.65. The van der Waals surface area contributed by atoms with Crippen LogP contribution >= 0.6 is 0 Å². The zero-order chi connectivity index (χ0) is 18.6. The molecule has 1 saturated heterocycles. The lowest BCUT2D eigenvalue weighted by Gasteiger charge is -2.26. The van der Waals surface area contributed by atoms with Gasteiger partial charge in [0.15, 0.2) is 0 Å². The molecule has 3 atom stereocenters. The summed E-state index contributed by atoms with van der Waals surface area (Å²) in [7, 11) is 0. The zero-order valence-corrected chi connectivity index (χ0v) is 14.1. The molecule has 0 aromatic heterocycles. The van der Waals surface area contributed by atoms with E-state index in [1.54, 1.807) is 24.3 Å². The summed E-state index contributed by atoms with van der Waals surface area (Å²) in [5, 5.41) is 0. The second-order valence-electron chi connectivity index (χ2n) is 5.56. The van der Waals surface area contributed by atoms with Crippen molar-refractivity contribution in [2.45, 2.75) is 45.8 Å². The largest absolute Gasteiger partial charge is 0.452 e. The Morgan fingerprint density at radius 3 is 2.00 bits per heavy atom. The normalized spacial score (nSPS) is 22.4. The van der Waals surface area contributed by atoms with Gasteiger partial charge in [-0.05, 0) is 5.56 Å². The Balaban J connectivity index is 2.35. The molecule has 1 fully saturated rings. The van der Waals surface area contributed by atoms with Crippen molar-refractivity contribution < 1.29 is 33.4 Å². The standard InChI is InChI=1S/C17H19NO7/c1-10(19)23-14-15(24-11(2)20)17(25-12(3)21)18(16(14)22)9-13-7-5-4-6-8-13/h4-8,14-15,17H,9H2,1-3H3/t14-,15+,17+/m0/s1. The highest BCUT2D eigenvalue weighted by Gasteiger charge is 2.54. The summed E-state index contributed by atoms with van der Waals surface area (Å²) in [6.45, 7) is 3.57. The summed E-state index contributed by atoms with van der Waals surface area (Å²) in [6, 6.07) is 8.99. The molecule has 0 spiro atoms. The topological polar surface area (TPSA) is 99.2 Å². The monoisotopic (exact) mass is 349 g/mol. The Bertz CT molecular complexity index is 673. The quantitative estimate of drug-likeness (QED) is 0.572. The Morgan fingerprint density at radius 1 is 0.920 bits per heavy atom. The second-order valence-corrected chi connectivity index (χ2v) is 5.56. The maximum absolute atomic E-state index is 12.7. The maximum atomic E-state index is 12.7. The van der Waals surface area contributed by atoms with E-state index in [0.717, 1.165) is 19.4 Å². The molecular formula is C17H19NO7. The summed E-state index contributed by atoms with van der Waals surface area (Å²) >= 11 is 0. The van der Waals surface area contributed by atoms with Crippen LogP contribution in [0.15, 0.2) is 30.3 Å². The number of esters is 3. The van der Waals surface area contributed by atoms with Crippen molar-refractivity contribution in [3.63, 3.8) is 0 Å². The molecule has 8 heteroatoms. The molecule has 2 rings (SSSR count). The molecule has 1 aliphatic heterocycles. The van der Waals surface area contributed by atoms with Crippen molar-refractivity contribution in [1.82, 2.24) is 4.90 Å². The molecule has 0 N–H and O–H groups in total. The average molecular weight is 349 g/mol. The van der Waals surface area contributed by atoms with Crippen LogP contribution in [0.2, 0.25) is 0 Å². The Labute approximate surface area is 144 Å². The minimum Gasteiger partial charge on any atom is -0.452 e. The molecule has 0 aliphatic carbocycles. The predicted octanol–water partition coefficient (Wildman–Crippen LogP) is 0.781. The molecular weight excluding hydrogens is 330 g/mol. The third-order valence-electron chi connectivity index (χ3n) is 3.49. The van der Waals surface area contributed by atoms with Crippen LogP contribution in [0.5, 0.6) is 0 Å². The Morgan fingerprint density at radius 2 is 1.48 bits per heavy atom. The smallest absolute Gasteiger partial charge is 0.304 e. The van der Waals surface area contributed by atoms with E-state index < -0.39 is 42.3 Å². The van der Waals surface area contributed by atoms with Gasteiger partial charge in [-0.3, -0.25) is 24.1 Å². The van der Waals surface area contributed by atoms with Crippen molar-refractivity contribution in [2.24, 2.45) is 0 Å². The SMILES string of the molecule is CC(=O)O[C@@H]1[C@H](OC(C)=O)C(=O)N(Cc2ccccc2)[C@@H]1OC(C)=O. The third-order valence-corrected chi connectivity index (χ3v) is 3.49. The van der Waals surface area contributed by atoms with E-state index in [-0.39, 0.29) is 6.54 Å². The van der Waals surface area contributed by atoms with E-state index in [2.05, 4.69) is 0 Å². The van der Waals surface area contributed by atoms with Crippen molar-refractivity contribution in [3.05, 3.63) is 35.9 Å². The number of amides is 1. The van der Waals surface area contributed by atoms with Gasteiger partial charge in [0.05, 0.1) is 0 Å². The minimum absolute atomic E-state index is 0.104. The average Bonchev–Trinajstić information content (AvgIpc) is 2.73. The van der Waals surface area contributed by atoms with Crippen molar-refractivity contribution in [3.8, 4) is 0 Å². The molecule has 0 saturated carbocycles. The first-order valence-corrected chi connectivity index (χ1v) is 7.65. The molecule has 0 bridgehead atoms. The van der Waals surface area contributed by atoms with Crippen LogP contribution in [0.3, 0.4) is 0 Å². The number of ether oxygens (including phenoxy) is 3. The fraction of sp³-hybridized carbons (Fsp3) is 0.412. The lowest BCUT2D eigenvalue weighted by Crippen LogP contribution is -2.42. The highest BCUT2D eigenvalue weighted by atomic mass is 16.6. The highest BCUT2D eigenvalue weighted by Crippen LogP contribution is 2.28. The van der Waals surface area contributed by atoms with Crippen LogP contribution in [-0.4, -0.2) is 47.2 Å². The summed E-state index contributed by atoms with van der Waals surface area (Å²) in [6.07, 6.45) is -3.78. The molecule has 134 valence electrons. The fourth-order valence-electron chi connectivity index (χ4n) is 2.61. The van der Waals surface area contributed by atoms with Crippen LogP contribution in [-0.2, 0) is 39.9 Å². The van der Waals surface area contributed by atoms with Gasteiger partial charge in [-0.2, -0.15) is 0 Å². The van der Waals surface area contributed by atoms with Gasteiger partial charge in [0.2, 0.25) is 18.4 Å². The second kappa shape index (κ2) is 7.78. The van der Waals surface area contributed by atoms with Gasteiger partial charge in [-0.25, -0.2) is 0 Å². The van der Waals surface area contributed by atoms with E-state index >= 15 is 0 Å². The van der Waals surface area contributed by atoms with Crippen molar-refractivity contribution >= 4 is 23.8 Å².